The highest BCUT2D eigenvalue weighted by molar-refractivity contribution is 5.70. The third-order valence-electron chi connectivity index (χ3n) is 5.56. The Kier molecular flexibility index (Phi) is 4.65. The molecule has 3 aliphatic rings. The summed E-state index contributed by atoms with van der Waals surface area (Å²) in [5.41, 5.74) is 0.820. The van der Waals surface area contributed by atoms with Crippen molar-refractivity contribution < 1.29 is 14.3 Å². The molecule has 7 nitrogen and oxygen atoms in total. The standard InChI is InChI=1S/C18H26N4O3/c23-17-21-13-18(25-17)5-3-14(4-6-18)11-19-15-1-2-16(20-12-15)22-7-9-24-10-8-22/h1-2,12,14,19H,3-11,13H2,(H,21,23). The number of ether oxygens (including phenoxy) is 2. The van der Waals surface area contributed by atoms with E-state index >= 15 is 0 Å². The fourth-order valence-electron chi connectivity index (χ4n) is 3.92. The van der Waals surface area contributed by atoms with Gasteiger partial charge in [-0.3, -0.25) is 0 Å². The zero-order chi connectivity index (χ0) is 17.1. The van der Waals surface area contributed by atoms with E-state index in [0.717, 1.165) is 70.0 Å². The molecular weight excluding hydrogens is 320 g/mol. The van der Waals surface area contributed by atoms with Gasteiger partial charge in [-0.15, -0.1) is 0 Å². The van der Waals surface area contributed by atoms with Crippen molar-refractivity contribution >= 4 is 17.6 Å². The molecule has 7 heteroatoms. The van der Waals surface area contributed by atoms with Gasteiger partial charge in [0.1, 0.15) is 11.4 Å². The molecule has 1 aromatic rings. The van der Waals surface area contributed by atoms with Gasteiger partial charge < -0.3 is 25.0 Å². The Balaban J connectivity index is 1.24. The third-order valence-corrected chi connectivity index (χ3v) is 5.56. The van der Waals surface area contributed by atoms with Crippen LogP contribution in [-0.4, -0.2) is 56.1 Å². The Morgan fingerprint density at radius 3 is 2.72 bits per heavy atom. The first kappa shape index (κ1) is 16.4. The van der Waals surface area contributed by atoms with Crippen molar-refractivity contribution in [1.29, 1.82) is 0 Å². The van der Waals surface area contributed by atoms with Crippen LogP contribution in [0.2, 0.25) is 0 Å². The maximum Gasteiger partial charge on any atom is 0.407 e. The van der Waals surface area contributed by atoms with Crippen molar-refractivity contribution in [3.05, 3.63) is 18.3 Å². The summed E-state index contributed by atoms with van der Waals surface area (Å²) in [6.07, 6.45) is 5.72. The van der Waals surface area contributed by atoms with E-state index in [4.69, 9.17) is 9.47 Å². The normalized spacial score (nSPS) is 29.4. The summed E-state index contributed by atoms with van der Waals surface area (Å²) in [6.45, 7) is 4.96. The second kappa shape index (κ2) is 7.07. The number of rotatable bonds is 4. The Labute approximate surface area is 148 Å². The lowest BCUT2D eigenvalue weighted by atomic mass is 9.79. The van der Waals surface area contributed by atoms with Gasteiger partial charge >= 0.3 is 6.09 Å². The van der Waals surface area contributed by atoms with E-state index in [1.54, 1.807) is 0 Å². The van der Waals surface area contributed by atoms with Gasteiger partial charge in [0.05, 0.1) is 31.6 Å². The summed E-state index contributed by atoms with van der Waals surface area (Å²) in [7, 11) is 0. The van der Waals surface area contributed by atoms with Gasteiger partial charge in [0.15, 0.2) is 0 Å². The van der Waals surface area contributed by atoms with Gasteiger partial charge in [-0.25, -0.2) is 9.78 Å². The van der Waals surface area contributed by atoms with Crippen LogP contribution in [0.5, 0.6) is 0 Å². The zero-order valence-electron chi connectivity index (χ0n) is 14.5. The maximum absolute atomic E-state index is 11.3. The number of hydrogen-bond donors (Lipinski definition) is 2. The number of carbonyl (C=O) groups is 1. The number of carbonyl (C=O) groups excluding carboxylic acids is 1. The highest BCUT2D eigenvalue weighted by Gasteiger charge is 2.43. The number of morpholine rings is 1. The lowest BCUT2D eigenvalue weighted by molar-refractivity contribution is 0.0148. The second-order valence-corrected chi connectivity index (χ2v) is 7.25. The molecule has 0 aromatic carbocycles. The number of alkyl carbamates (subject to hydrolysis) is 1. The van der Waals surface area contributed by atoms with E-state index in [1.165, 1.54) is 0 Å². The smallest absolute Gasteiger partial charge is 0.407 e. The predicted molar refractivity (Wildman–Crippen MR) is 94.9 cm³/mol. The Bertz CT molecular complexity index is 593. The first-order valence-electron chi connectivity index (χ1n) is 9.22. The lowest BCUT2D eigenvalue weighted by Crippen LogP contribution is -2.39. The Hall–Kier alpha value is -2.02. The average molecular weight is 346 g/mol. The molecule has 1 aliphatic carbocycles. The van der Waals surface area contributed by atoms with Crippen LogP contribution >= 0.6 is 0 Å². The van der Waals surface area contributed by atoms with Crippen molar-refractivity contribution in [2.75, 3.05) is 49.6 Å². The molecule has 1 aromatic heterocycles. The van der Waals surface area contributed by atoms with Crippen LogP contribution in [0.25, 0.3) is 0 Å². The summed E-state index contributed by atoms with van der Waals surface area (Å²) >= 11 is 0. The Morgan fingerprint density at radius 1 is 1.28 bits per heavy atom. The Morgan fingerprint density at radius 2 is 2.08 bits per heavy atom. The van der Waals surface area contributed by atoms with Crippen molar-refractivity contribution in [3.8, 4) is 0 Å². The molecule has 25 heavy (non-hydrogen) atoms. The summed E-state index contributed by atoms with van der Waals surface area (Å²) in [5.74, 6) is 1.63. The number of amides is 1. The topological polar surface area (TPSA) is 75.7 Å². The number of anilines is 2. The maximum atomic E-state index is 11.3. The SMILES string of the molecule is O=C1NCC2(CCC(CNc3ccc(N4CCOCC4)nc3)CC2)O1. The number of hydrogen-bond acceptors (Lipinski definition) is 6. The largest absolute Gasteiger partial charge is 0.441 e. The van der Waals surface area contributed by atoms with Crippen LogP contribution in [0.1, 0.15) is 25.7 Å². The molecule has 0 radical (unpaired) electrons. The summed E-state index contributed by atoms with van der Waals surface area (Å²) in [5, 5.41) is 6.29. The molecule has 3 fully saturated rings. The fraction of sp³-hybridized carbons (Fsp3) is 0.667. The molecule has 4 rings (SSSR count). The minimum Gasteiger partial charge on any atom is -0.441 e. The quantitative estimate of drug-likeness (QED) is 0.868. The minimum atomic E-state index is -0.261. The van der Waals surface area contributed by atoms with Crippen molar-refractivity contribution in [3.63, 3.8) is 0 Å². The van der Waals surface area contributed by atoms with Gasteiger partial charge in [0.25, 0.3) is 0 Å². The van der Waals surface area contributed by atoms with E-state index in [-0.39, 0.29) is 11.7 Å². The first-order valence-corrected chi connectivity index (χ1v) is 9.22. The highest BCUT2D eigenvalue weighted by atomic mass is 16.6. The molecule has 1 amide bonds. The predicted octanol–water partition coefficient (Wildman–Crippen LogP) is 2.00. The van der Waals surface area contributed by atoms with E-state index in [1.807, 2.05) is 6.20 Å². The van der Waals surface area contributed by atoms with E-state index in [0.29, 0.717) is 12.5 Å². The molecule has 0 atom stereocenters. The number of nitrogens with zero attached hydrogens (tertiary/aromatic N) is 2. The van der Waals surface area contributed by atoms with Crippen LogP contribution in [0.15, 0.2) is 18.3 Å². The number of pyridine rings is 1. The average Bonchev–Trinajstić information content (AvgIpc) is 3.03. The second-order valence-electron chi connectivity index (χ2n) is 7.25. The molecule has 3 heterocycles. The molecule has 0 bridgehead atoms. The van der Waals surface area contributed by atoms with Gasteiger partial charge in [-0.1, -0.05) is 0 Å². The molecule has 136 valence electrons. The van der Waals surface area contributed by atoms with Gasteiger partial charge in [-0.05, 0) is 43.7 Å². The fourth-order valence-corrected chi connectivity index (χ4v) is 3.92. The highest BCUT2D eigenvalue weighted by Crippen LogP contribution is 2.36. The minimum absolute atomic E-state index is 0.241. The van der Waals surface area contributed by atoms with Crippen LogP contribution in [0.3, 0.4) is 0 Å². The van der Waals surface area contributed by atoms with Crippen LogP contribution in [-0.2, 0) is 9.47 Å². The summed E-state index contributed by atoms with van der Waals surface area (Å²) in [6, 6.07) is 4.18. The van der Waals surface area contributed by atoms with E-state index < -0.39 is 0 Å². The molecule has 1 saturated carbocycles. The number of aromatic nitrogens is 1. The van der Waals surface area contributed by atoms with Crippen LogP contribution < -0.4 is 15.5 Å². The van der Waals surface area contributed by atoms with Gasteiger partial charge in [0, 0.05) is 19.6 Å². The first-order chi connectivity index (χ1) is 12.2. The van der Waals surface area contributed by atoms with E-state index in [2.05, 4.69) is 32.7 Å². The van der Waals surface area contributed by atoms with Crippen molar-refractivity contribution in [1.82, 2.24) is 10.3 Å². The zero-order valence-corrected chi connectivity index (χ0v) is 14.5. The monoisotopic (exact) mass is 346 g/mol. The van der Waals surface area contributed by atoms with Gasteiger partial charge in [0.2, 0.25) is 0 Å². The van der Waals surface area contributed by atoms with Gasteiger partial charge in [-0.2, -0.15) is 0 Å². The van der Waals surface area contributed by atoms with Crippen molar-refractivity contribution in [2.24, 2.45) is 5.92 Å². The molecule has 1 spiro atoms. The molecule has 2 aliphatic heterocycles. The molecule has 2 saturated heterocycles. The summed E-state index contributed by atoms with van der Waals surface area (Å²) in [4.78, 5) is 18.1. The molecule has 0 unspecified atom stereocenters. The van der Waals surface area contributed by atoms with Crippen molar-refractivity contribution in [2.45, 2.75) is 31.3 Å². The number of nitrogens with one attached hydrogen (secondary N) is 2. The molecule has 2 N–H and O–H groups in total. The van der Waals surface area contributed by atoms with E-state index in [9.17, 15) is 4.79 Å². The van der Waals surface area contributed by atoms with Crippen LogP contribution in [0.4, 0.5) is 16.3 Å². The lowest BCUT2D eigenvalue weighted by Gasteiger charge is -2.35. The molecular formula is C18H26N4O3. The van der Waals surface area contributed by atoms with Crippen LogP contribution in [0, 0.1) is 5.92 Å². The third kappa shape index (κ3) is 3.81. The summed E-state index contributed by atoms with van der Waals surface area (Å²) < 4.78 is 10.9.